The van der Waals surface area contributed by atoms with E-state index in [2.05, 4.69) is 22.4 Å². The molecule has 152 valence electrons. The summed E-state index contributed by atoms with van der Waals surface area (Å²) >= 11 is 0. The van der Waals surface area contributed by atoms with Crippen LogP contribution in [0.2, 0.25) is 0 Å². The molecule has 0 aliphatic rings. The Morgan fingerprint density at radius 2 is 1.70 bits per heavy atom. The number of carbonyl (C=O) groups excluding carboxylic acids is 1. The monoisotopic (exact) mass is 400 g/mol. The molecule has 0 fully saturated rings. The number of carbonyl (C=O) groups is 1. The number of nitrogens with one attached hydrogen (secondary N) is 1. The minimum absolute atomic E-state index is 0.142. The van der Waals surface area contributed by atoms with Crippen LogP contribution >= 0.6 is 0 Å². The van der Waals surface area contributed by atoms with Gasteiger partial charge in [-0.1, -0.05) is 25.1 Å². The van der Waals surface area contributed by atoms with Gasteiger partial charge in [0.25, 0.3) is 5.91 Å². The number of fused-ring (bicyclic) bond motifs is 1. The van der Waals surface area contributed by atoms with Crippen molar-refractivity contribution >= 4 is 22.6 Å². The molecule has 1 amide bonds. The van der Waals surface area contributed by atoms with Gasteiger partial charge in [0, 0.05) is 11.3 Å². The highest BCUT2D eigenvalue weighted by molar-refractivity contribution is 6.05. The number of anilines is 1. The molecule has 0 radical (unpaired) electrons. The van der Waals surface area contributed by atoms with E-state index in [4.69, 9.17) is 4.74 Å². The first-order chi connectivity index (χ1) is 14.5. The number of hydrogen-bond acceptors (Lipinski definition) is 4. The zero-order valence-electron chi connectivity index (χ0n) is 17.3. The summed E-state index contributed by atoms with van der Waals surface area (Å²) in [5, 5.41) is 12.1. The lowest BCUT2D eigenvalue weighted by Crippen LogP contribution is -2.13. The molecule has 1 heterocycles. The molecule has 0 spiro atoms. The van der Waals surface area contributed by atoms with Crippen molar-refractivity contribution in [2.75, 3.05) is 5.32 Å². The van der Waals surface area contributed by atoms with E-state index in [0.29, 0.717) is 11.3 Å². The average Bonchev–Trinajstić information content (AvgIpc) is 3.17. The summed E-state index contributed by atoms with van der Waals surface area (Å²) in [6.45, 7) is 6.04. The first-order valence-electron chi connectivity index (χ1n) is 10.0. The van der Waals surface area contributed by atoms with Crippen molar-refractivity contribution in [1.29, 1.82) is 0 Å². The quantitative estimate of drug-likeness (QED) is 0.485. The van der Waals surface area contributed by atoms with Gasteiger partial charge in [-0.3, -0.25) is 4.79 Å². The van der Waals surface area contributed by atoms with Crippen molar-refractivity contribution in [3.8, 4) is 11.4 Å². The molecule has 1 atom stereocenters. The molecule has 4 aromatic rings. The zero-order valence-corrected chi connectivity index (χ0v) is 17.3. The molecule has 6 nitrogen and oxygen atoms in total. The van der Waals surface area contributed by atoms with E-state index in [1.165, 1.54) is 0 Å². The van der Waals surface area contributed by atoms with Gasteiger partial charge >= 0.3 is 0 Å². The van der Waals surface area contributed by atoms with Crippen molar-refractivity contribution in [2.24, 2.45) is 0 Å². The summed E-state index contributed by atoms with van der Waals surface area (Å²) in [6.07, 6.45) is 1.07. The number of amides is 1. The highest BCUT2D eigenvalue weighted by atomic mass is 16.5. The number of para-hydroxylation sites is 1. The van der Waals surface area contributed by atoms with E-state index in [0.717, 1.165) is 34.5 Å². The maximum Gasteiger partial charge on any atom is 0.255 e. The van der Waals surface area contributed by atoms with Gasteiger partial charge in [0.15, 0.2) is 0 Å². The average molecular weight is 400 g/mol. The smallest absolute Gasteiger partial charge is 0.255 e. The van der Waals surface area contributed by atoms with Crippen LogP contribution < -0.4 is 10.1 Å². The largest absolute Gasteiger partial charge is 0.491 e. The Hall–Kier alpha value is -3.67. The highest BCUT2D eigenvalue weighted by Crippen LogP contribution is 2.23. The van der Waals surface area contributed by atoms with Gasteiger partial charge < -0.3 is 10.1 Å². The summed E-state index contributed by atoms with van der Waals surface area (Å²) in [5.41, 5.74) is 4.59. The van der Waals surface area contributed by atoms with Crippen molar-refractivity contribution in [3.63, 3.8) is 0 Å². The Morgan fingerprint density at radius 3 is 2.37 bits per heavy atom. The number of rotatable bonds is 6. The number of benzene rings is 3. The highest BCUT2D eigenvalue weighted by Gasteiger charge is 2.12. The van der Waals surface area contributed by atoms with Gasteiger partial charge in [0.2, 0.25) is 0 Å². The Morgan fingerprint density at radius 1 is 1.03 bits per heavy atom. The van der Waals surface area contributed by atoms with Crippen LogP contribution in [0.5, 0.6) is 5.75 Å². The molecule has 1 unspecified atom stereocenters. The van der Waals surface area contributed by atoms with Gasteiger partial charge in [-0.15, -0.1) is 10.2 Å². The number of hydrogen-bond donors (Lipinski definition) is 1. The van der Waals surface area contributed by atoms with Crippen LogP contribution in [0, 0.1) is 6.92 Å². The second-order valence-corrected chi connectivity index (χ2v) is 7.30. The van der Waals surface area contributed by atoms with Crippen LogP contribution in [0.1, 0.15) is 36.2 Å². The number of aromatic nitrogens is 3. The number of nitrogens with zero attached hydrogens (tertiary/aromatic N) is 3. The van der Waals surface area contributed by atoms with Gasteiger partial charge in [0.05, 0.1) is 11.8 Å². The van der Waals surface area contributed by atoms with Crippen LogP contribution in [0.15, 0.2) is 66.7 Å². The van der Waals surface area contributed by atoms with Gasteiger partial charge in [-0.25, -0.2) is 0 Å². The molecule has 0 saturated heterocycles. The second-order valence-electron chi connectivity index (χ2n) is 7.30. The molecule has 1 N–H and O–H groups in total. The third kappa shape index (κ3) is 4.17. The molecule has 3 aromatic carbocycles. The van der Waals surface area contributed by atoms with E-state index in [1.807, 2.05) is 68.4 Å². The standard InChI is InChI=1S/C24H24N4O2/c1-4-17(3)30-20-12-10-18(11-13-20)24(29)25-21-15-23-22(14-16(21)2)26-28(27-23)19-8-6-5-7-9-19/h5-15,17H,4H2,1-3H3,(H,25,29). The molecule has 0 aliphatic heterocycles. The lowest BCUT2D eigenvalue weighted by Gasteiger charge is -2.13. The molecule has 30 heavy (non-hydrogen) atoms. The third-order valence-electron chi connectivity index (χ3n) is 4.99. The van der Waals surface area contributed by atoms with E-state index in [9.17, 15) is 4.79 Å². The van der Waals surface area contributed by atoms with E-state index in [1.54, 1.807) is 16.9 Å². The molecule has 4 rings (SSSR count). The van der Waals surface area contributed by atoms with E-state index >= 15 is 0 Å². The minimum Gasteiger partial charge on any atom is -0.491 e. The first-order valence-corrected chi connectivity index (χ1v) is 10.0. The molecule has 0 saturated carbocycles. The summed E-state index contributed by atoms with van der Waals surface area (Å²) < 4.78 is 5.77. The Labute approximate surface area is 175 Å². The van der Waals surface area contributed by atoms with Gasteiger partial charge in [-0.2, -0.15) is 4.80 Å². The van der Waals surface area contributed by atoms with Crippen LogP contribution in [-0.4, -0.2) is 27.0 Å². The fourth-order valence-electron chi connectivity index (χ4n) is 3.07. The molecule has 6 heteroatoms. The van der Waals surface area contributed by atoms with Crippen molar-refractivity contribution in [3.05, 3.63) is 77.9 Å². The van der Waals surface area contributed by atoms with Gasteiger partial charge in [0.1, 0.15) is 16.8 Å². The minimum atomic E-state index is -0.178. The number of aryl methyl sites for hydroxylation is 1. The molecular weight excluding hydrogens is 376 g/mol. The Bertz CT molecular complexity index is 1170. The normalized spacial score (nSPS) is 12.0. The second kappa shape index (κ2) is 8.37. The lowest BCUT2D eigenvalue weighted by atomic mass is 10.1. The van der Waals surface area contributed by atoms with Gasteiger partial charge in [-0.05, 0) is 74.4 Å². The molecular formula is C24H24N4O2. The molecule has 0 aliphatic carbocycles. The third-order valence-corrected chi connectivity index (χ3v) is 4.99. The van der Waals surface area contributed by atoms with Crippen molar-refractivity contribution < 1.29 is 9.53 Å². The number of ether oxygens (including phenoxy) is 1. The lowest BCUT2D eigenvalue weighted by molar-refractivity contribution is 0.102. The predicted molar refractivity (Wildman–Crippen MR) is 118 cm³/mol. The van der Waals surface area contributed by atoms with Crippen LogP contribution in [0.3, 0.4) is 0 Å². The summed E-state index contributed by atoms with van der Waals surface area (Å²) in [6, 6.07) is 20.7. The fraction of sp³-hybridized carbons (Fsp3) is 0.208. The van der Waals surface area contributed by atoms with E-state index < -0.39 is 0 Å². The van der Waals surface area contributed by atoms with E-state index in [-0.39, 0.29) is 12.0 Å². The SMILES string of the molecule is CCC(C)Oc1ccc(C(=O)Nc2cc3nn(-c4ccccc4)nc3cc2C)cc1. The summed E-state index contributed by atoms with van der Waals surface area (Å²) in [7, 11) is 0. The molecule has 0 bridgehead atoms. The molecule has 1 aromatic heterocycles. The Balaban J connectivity index is 1.54. The maximum atomic E-state index is 12.7. The van der Waals surface area contributed by atoms with Crippen LogP contribution in [0.25, 0.3) is 16.7 Å². The van der Waals surface area contributed by atoms with Crippen LogP contribution in [0.4, 0.5) is 5.69 Å². The zero-order chi connectivity index (χ0) is 21.1. The first kappa shape index (κ1) is 19.6. The summed E-state index contributed by atoms with van der Waals surface area (Å²) in [5.74, 6) is 0.582. The van der Waals surface area contributed by atoms with Crippen LogP contribution in [-0.2, 0) is 0 Å². The van der Waals surface area contributed by atoms with Crippen molar-refractivity contribution in [1.82, 2.24) is 15.0 Å². The topological polar surface area (TPSA) is 69.0 Å². The Kier molecular flexibility index (Phi) is 5.48. The maximum absolute atomic E-state index is 12.7. The van der Waals surface area contributed by atoms with Crippen molar-refractivity contribution in [2.45, 2.75) is 33.3 Å². The predicted octanol–water partition coefficient (Wildman–Crippen LogP) is 5.16. The summed E-state index contributed by atoms with van der Waals surface area (Å²) in [4.78, 5) is 14.3. The fourth-order valence-corrected chi connectivity index (χ4v) is 3.07.